The quantitative estimate of drug-likeness (QED) is 0.873. The van der Waals surface area contributed by atoms with Crippen LogP contribution in [0.3, 0.4) is 0 Å². The summed E-state index contributed by atoms with van der Waals surface area (Å²) >= 11 is 0. The van der Waals surface area contributed by atoms with Crippen molar-refractivity contribution < 1.29 is 14.3 Å². The average Bonchev–Trinajstić information content (AvgIpc) is 2.94. The van der Waals surface area contributed by atoms with Crippen molar-refractivity contribution in [2.24, 2.45) is 0 Å². The highest BCUT2D eigenvalue weighted by Crippen LogP contribution is 2.24. The number of halogens is 1. The summed E-state index contributed by atoms with van der Waals surface area (Å²) in [6.45, 7) is 2.93. The van der Waals surface area contributed by atoms with E-state index in [4.69, 9.17) is 4.74 Å². The Morgan fingerprint density at radius 3 is 3.00 bits per heavy atom. The minimum absolute atomic E-state index is 0. The molecule has 23 heavy (non-hydrogen) atoms. The van der Waals surface area contributed by atoms with Crippen LogP contribution < -0.4 is 15.5 Å². The second-order valence-electron chi connectivity index (χ2n) is 5.65. The molecule has 7 heteroatoms. The smallest absolute Gasteiger partial charge is 0.227 e. The molecule has 2 N–H and O–H groups in total. The Morgan fingerprint density at radius 1 is 1.43 bits per heavy atom. The van der Waals surface area contributed by atoms with Crippen molar-refractivity contribution in [2.75, 3.05) is 36.5 Å². The summed E-state index contributed by atoms with van der Waals surface area (Å²) in [6, 6.07) is 7.44. The lowest BCUT2D eigenvalue weighted by atomic mass is 10.2. The number of carbonyl (C=O) groups is 2. The summed E-state index contributed by atoms with van der Waals surface area (Å²) < 4.78 is 5.53. The highest BCUT2D eigenvalue weighted by atomic mass is 35.5. The lowest BCUT2D eigenvalue weighted by molar-refractivity contribution is -0.119. The Kier molecular flexibility index (Phi) is 6.38. The minimum atomic E-state index is -0.0721. The minimum Gasteiger partial charge on any atom is -0.375 e. The van der Waals surface area contributed by atoms with Gasteiger partial charge in [-0.3, -0.25) is 9.59 Å². The zero-order valence-corrected chi connectivity index (χ0v) is 13.7. The van der Waals surface area contributed by atoms with Crippen LogP contribution >= 0.6 is 12.4 Å². The van der Waals surface area contributed by atoms with E-state index in [1.54, 1.807) is 4.90 Å². The monoisotopic (exact) mass is 339 g/mol. The van der Waals surface area contributed by atoms with Crippen LogP contribution in [0.4, 0.5) is 11.4 Å². The van der Waals surface area contributed by atoms with Gasteiger partial charge < -0.3 is 20.3 Å². The first-order valence-corrected chi connectivity index (χ1v) is 7.75. The van der Waals surface area contributed by atoms with Gasteiger partial charge >= 0.3 is 0 Å². The first-order chi connectivity index (χ1) is 10.7. The second-order valence-corrected chi connectivity index (χ2v) is 5.65. The van der Waals surface area contributed by atoms with E-state index in [1.807, 2.05) is 24.3 Å². The van der Waals surface area contributed by atoms with Crippen LogP contribution in [0.15, 0.2) is 24.3 Å². The molecule has 1 atom stereocenters. The van der Waals surface area contributed by atoms with E-state index in [0.717, 1.165) is 25.2 Å². The maximum atomic E-state index is 12.1. The first kappa shape index (κ1) is 17.7. The lowest BCUT2D eigenvalue weighted by Gasteiger charge is -2.23. The van der Waals surface area contributed by atoms with Crippen LogP contribution in [0, 0.1) is 0 Å². The summed E-state index contributed by atoms with van der Waals surface area (Å²) in [5.41, 5.74) is 1.56. The summed E-state index contributed by atoms with van der Waals surface area (Å²) in [5, 5.41) is 6.09. The Hall–Kier alpha value is -1.63. The van der Waals surface area contributed by atoms with Crippen molar-refractivity contribution in [1.29, 1.82) is 0 Å². The van der Waals surface area contributed by atoms with E-state index in [2.05, 4.69) is 10.6 Å². The van der Waals surface area contributed by atoms with Crippen molar-refractivity contribution in [1.82, 2.24) is 5.32 Å². The molecule has 2 saturated heterocycles. The molecule has 0 radical (unpaired) electrons. The number of hydrogen-bond donors (Lipinski definition) is 2. The van der Waals surface area contributed by atoms with Gasteiger partial charge in [0.1, 0.15) is 0 Å². The molecule has 0 aliphatic carbocycles. The number of rotatable bonds is 4. The summed E-state index contributed by atoms with van der Waals surface area (Å²) in [4.78, 5) is 25.6. The predicted octanol–water partition coefficient (Wildman–Crippen LogP) is 1.55. The molecule has 2 aliphatic heterocycles. The van der Waals surface area contributed by atoms with Gasteiger partial charge in [0.25, 0.3) is 0 Å². The Balaban J connectivity index is 0.00000192. The Labute approximate surface area is 142 Å². The number of ether oxygens (including phenoxy) is 1. The molecular formula is C16H22ClN3O3. The molecule has 1 unspecified atom stereocenters. The van der Waals surface area contributed by atoms with Crippen LogP contribution in [0.2, 0.25) is 0 Å². The van der Waals surface area contributed by atoms with E-state index >= 15 is 0 Å². The number of nitrogens with one attached hydrogen (secondary N) is 2. The molecular weight excluding hydrogens is 318 g/mol. The normalized spacial score (nSPS) is 21.0. The Morgan fingerprint density at radius 2 is 2.30 bits per heavy atom. The number of nitrogens with zero attached hydrogens (tertiary/aromatic N) is 1. The topological polar surface area (TPSA) is 70.7 Å². The van der Waals surface area contributed by atoms with Crippen molar-refractivity contribution in [2.45, 2.75) is 25.4 Å². The van der Waals surface area contributed by atoms with Crippen molar-refractivity contribution in [3.8, 4) is 0 Å². The van der Waals surface area contributed by atoms with Crippen LogP contribution in [0.5, 0.6) is 0 Å². The molecule has 126 valence electrons. The molecule has 0 bridgehead atoms. The first-order valence-electron chi connectivity index (χ1n) is 7.75. The third kappa shape index (κ3) is 4.67. The van der Waals surface area contributed by atoms with E-state index in [9.17, 15) is 9.59 Å². The summed E-state index contributed by atoms with van der Waals surface area (Å²) in [7, 11) is 0. The SMILES string of the molecule is Cl.O=C(CC1CNCCO1)Nc1cccc(N2CCCC2=O)c1. The van der Waals surface area contributed by atoms with Crippen molar-refractivity contribution in [3.63, 3.8) is 0 Å². The lowest BCUT2D eigenvalue weighted by Crippen LogP contribution is -2.40. The fraction of sp³-hybridized carbons (Fsp3) is 0.500. The van der Waals surface area contributed by atoms with Gasteiger partial charge in [-0.25, -0.2) is 0 Å². The number of benzene rings is 1. The van der Waals surface area contributed by atoms with Gasteiger partial charge in [0, 0.05) is 37.4 Å². The van der Waals surface area contributed by atoms with E-state index in [1.165, 1.54) is 0 Å². The maximum Gasteiger partial charge on any atom is 0.227 e. The number of morpholine rings is 1. The Bertz CT molecular complexity index is 561. The number of anilines is 2. The number of hydrogen-bond acceptors (Lipinski definition) is 4. The molecule has 1 aromatic rings. The molecule has 2 heterocycles. The fourth-order valence-corrected chi connectivity index (χ4v) is 2.84. The van der Waals surface area contributed by atoms with Crippen molar-refractivity contribution in [3.05, 3.63) is 24.3 Å². The van der Waals surface area contributed by atoms with Gasteiger partial charge in [-0.05, 0) is 24.6 Å². The van der Waals surface area contributed by atoms with Crippen LogP contribution in [0.25, 0.3) is 0 Å². The third-order valence-electron chi connectivity index (χ3n) is 3.93. The zero-order chi connectivity index (χ0) is 15.4. The number of carbonyl (C=O) groups excluding carboxylic acids is 2. The standard InChI is InChI=1S/C16H21N3O3.ClH/c20-15(10-14-11-17-6-8-22-14)18-12-3-1-4-13(9-12)19-7-2-5-16(19)21;/h1,3-4,9,14,17H,2,5-8,10-11H2,(H,18,20);1H. The van der Waals surface area contributed by atoms with Gasteiger partial charge in [0.2, 0.25) is 11.8 Å². The molecule has 2 fully saturated rings. The van der Waals surface area contributed by atoms with Gasteiger partial charge in [-0.15, -0.1) is 12.4 Å². The van der Waals surface area contributed by atoms with Gasteiger partial charge in [0.05, 0.1) is 19.1 Å². The van der Waals surface area contributed by atoms with Gasteiger partial charge in [0.15, 0.2) is 0 Å². The number of amides is 2. The molecule has 1 aromatic carbocycles. The molecule has 6 nitrogen and oxygen atoms in total. The highest BCUT2D eigenvalue weighted by molar-refractivity contribution is 5.97. The van der Waals surface area contributed by atoms with E-state index in [-0.39, 0.29) is 30.3 Å². The van der Waals surface area contributed by atoms with Crippen LogP contribution in [0.1, 0.15) is 19.3 Å². The summed E-state index contributed by atoms with van der Waals surface area (Å²) in [6.07, 6.45) is 1.75. The third-order valence-corrected chi connectivity index (χ3v) is 3.93. The van der Waals surface area contributed by atoms with Crippen LogP contribution in [-0.4, -0.2) is 44.2 Å². The van der Waals surface area contributed by atoms with E-state index < -0.39 is 0 Å². The van der Waals surface area contributed by atoms with Crippen LogP contribution in [-0.2, 0) is 14.3 Å². The predicted molar refractivity (Wildman–Crippen MR) is 91.1 cm³/mol. The molecule has 3 rings (SSSR count). The maximum absolute atomic E-state index is 12.1. The molecule has 0 spiro atoms. The highest BCUT2D eigenvalue weighted by Gasteiger charge is 2.22. The molecule has 0 saturated carbocycles. The largest absolute Gasteiger partial charge is 0.375 e. The van der Waals surface area contributed by atoms with Gasteiger partial charge in [-0.1, -0.05) is 6.07 Å². The zero-order valence-electron chi connectivity index (χ0n) is 12.9. The second kappa shape index (κ2) is 8.29. The van der Waals surface area contributed by atoms with Crippen molar-refractivity contribution >= 4 is 35.6 Å². The fourth-order valence-electron chi connectivity index (χ4n) is 2.84. The molecule has 2 amide bonds. The molecule has 2 aliphatic rings. The van der Waals surface area contributed by atoms with E-state index in [0.29, 0.717) is 31.7 Å². The van der Waals surface area contributed by atoms with Gasteiger partial charge in [-0.2, -0.15) is 0 Å². The molecule has 0 aromatic heterocycles. The average molecular weight is 340 g/mol. The summed E-state index contributed by atoms with van der Waals surface area (Å²) in [5.74, 6) is 0.0729.